The predicted molar refractivity (Wildman–Crippen MR) is 79.6 cm³/mol. The van der Waals surface area contributed by atoms with E-state index < -0.39 is 0 Å². The summed E-state index contributed by atoms with van der Waals surface area (Å²) in [6.45, 7) is 7.40. The molecule has 20 heavy (non-hydrogen) atoms. The molecule has 0 aromatic carbocycles. The monoisotopic (exact) mass is 277 g/mol. The van der Waals surface area contributed by atoms with Gasteiger partial charge in [-0.2, -0.15) is 0 Å². The molecule has 110 valence electrons. The summed E-state index contributed by atoms with van der Waals surface area (Å²) in [5.41, 5.74) is 6.49. The number of hydrogen-bond donors (Lipinski definition) is 2. The molecule has 0 aliphatic carbocycles. The molecule has 1 amide bonds. The van der Waals surface area contributed by atoms with Gasteiger partial charge in [0.15, 0.2) is 0 Å². The maximum absolute atomic E-state index is 12.0. The number of anilines is 2. The Morgan fingerprint density at radius 1 is 1.50 bits per heavy atom. The van der Waals surface area contributed by atoms with Crippen LogP contribution in [0.25, 0.3) is 0 Å². The van der Waals surface area contributed by atoms with Gasteiger partial charge in [-0.05, 0) is 20.3 Å². The van der Waals surface area contributed by atoms with Gasteiger partial charge in [-0.15, -0.1) is 0 Å². The van der Waals surface area contributed by atoms with Crippen molar-refractivity contribution in [3.8, 4) is 0 Å². The highest BCUT2D eigenvalue weighted by atomic mass is 16.2. The van der Waals surface area contributed by atoms with Crippen LogP contribution in [0, 0.1) is 12.3 Å². The van der Waals surface area contributed by atoms with Crippen LogP contribution in [0.5, 0.6) is 0 Å². The van der Waals surface area contributed by atoms with Crippen LogP contribution < -0.4 is 16.0 Å². The number of carbonyl (C=O) groups excluding carboxylic acids is 1. The van der Waals surface area contributed by atoms with Gasteiger partial charge in [0.1, 0.15) is 17.5 Å². The third kappa shape index (κ3) is 2.42. The van der Waals surface area contributed by atoms with Crippen LogP contribution in [0.15, 0.2) is 0 Å². The van der Waals surface area contributed by atoms with Gasteiger partial charge < -0.3 is 16.0 Å². The van der Waals surface area contributed by atoms with Crippen molar-refractivity contribution in [3.05, 3.63) is 11.4 Å². The number of hydrogen-bond acceptors (Lipinski definition) is 5. The van der Waals surface area contributed by atoms with E-state index in [0.29, 0.717) is 12.4 Å². The van der Waals surface area contributed by atoms with Gasteiger partial charge >= 0.3 is 0 Å². The molecule has 2 heterocycles. The van der Waals surface area contributed by atoms with Crippen LogP contribution in [0.2, 0.25) is 0 Å². The van der Waals surface area contributed by atoms with Crippen molar-refractivity contribution in [1.29, 1.82) is 0 Å². The summed E-state index contributed by atoms with van der Waals surface area (Å²) in [6, 6.07) is 0. The summed E-state index contributed by atoms with van der Waals surface area (Å²) in [5, 5.41) is 2.74. The van der Waals surface area contributed by atoms with E-state index in [1.165, 1.54) is 0 Å². The number of nitrogens with zero attached hydrogens (tertiary/aromatic N) is 3. The maximum Gasteiger partial charge on any atom is 0.227 e. The zero-order chi connectivity index (χ0) is 14.9. The Morgan fingerprint density at radius 2 is 2.20 bits per heavy atom. The second-order valence-corrected chi connectivity index (χ2v) is 5.64. The van der Waals surface area contributed by atoms with Gasteiger partial charge in [0.25, 0.3) is 0 Å². The zero-order valence-electron chi connectivity index (χ0n) is 12.7. The third-order valence-corrected chi connectivity index (χ3v) is 4.07. The molecule has 1 aromatic heterocycles. The summed E-state index contributed by atoms with van der Waals surface area (Å²) in [5.74, 6) is 2.22. The lowest BCUT2D eigenvalue weighted by Crippen LogP contribution is -2.39. The Balaban J connectivity index is 2.30. The number of carbonyl (C=O) groups is 1. The fourth-order valence-electron chi connectivity index (χ4n) is 2.66. The Kier molecular flexibility index (Phi) is 3.83. The summed E-state index contributed by atoms with van der Waals surface area (Å²) >= 11 is 0. The van der Waals surface area contributed by atoms with Crippen molar-refractivity contribution in [2.75, 3.05) is 30.8 Å². The number of aromatic nitrogens is 2. The van der Waals surface area contributed by atoms with Crippen molar-refractivity contribution >= 4 is 17.5 Å². The van der Waals surface area contributed by atoms with Crippen LogP contribution in [0.1, 0.15) is 31.7 Å². The first-order valence-corrected chi connectivity index (χ1v) is 7.01. The molecular weight excluding hydrogens is 254 g/mol. The topological polar surface area (TPSA) is 84.1 Å². The zero-order valence-corrected chi connectivity index (χ0v) is 12.7. The van der Waals surface area contributed by atoms with Crippen LogP contribution in [0.3, 0.4) is 0 Å². The summed E-state index contributed by atoms with van der Waals surface area (Å²) < 4.78 is 0. The van der Waals surface area contributed by atoms with E-state index in [2.05, 4.69) is 20.2 Å². The fraction of sp³-hybridized carbons (Fsp3) is 0.643. The molecule has 1 aliphatic heterocycles. The molecule has 1 aromatic rings. The summed E-state index contributed by atoms with van der Waals surface area (Å²) in [7, 11) is 1.68. The maximum atomic E-state index is 12.0. The lowest BCUT2D eigenvalue weighted by molar-refractivity contribution is -0.128. The average molecular weight is 277 g/mol. The van der Waals surface area contributed by atoms with Crippen LogP contribution in [-0.4, -0.2) is 36.0 Å². The molecule has 6 heteroatoms. The molecule has 0 saturated carbocycles. The average Bonchev–Trinajstić information content (AvgIpc) is 2.84. The van der Waals surface area contributed by atoms with Crippen LogP contribution in [-0.2, 0) is 11.2 Å². The minimum absolute atomic E-state index is 0.0791. The molecule has 0 radical (unpaired) electrons. The smallest absolute Gasteiger partial charge is 0.227 e. The molecule has 1 fully saturated rings. The Labute approximate surface area is 119 Å². The molecule has 0 spiro atoms. The first-order chi connectivity index (χ1) is 9.41. The molecule has 1 unspecified atom stereocenters. The molecule has 1 aliphatic rings. The number of aryl methyl sites for hydroxylation is 1. The number of rotatable bonds is 3. The van der Waals surface area contributed by atoms with Crippen molar-refractivity contribution in [3.63, 3.8) is 0 Å². The normalized spacial score (nSPS) is 22.1. The van der Waals surface area contributed by atoms with E-state index in [-0.39, 0.29) is 11.3 Å². The Morgan fingerprint density at radius 3 is 2.80 bits per heavy atom. The first kappa shape index (κ1) is 14.6. The van der Waals surface area contributed by atoms with Gasteiger partial charge in [-0.1, -0.05) is 6.92 Å². The molecule has 1 atom stereocenters. The van der Waals surface area contributed by atoms with E-state index in [4.69, 9.17) is 5.73 Å². The van der Waals surface area contributed by atoms with Gasteiger partial charge in [0.05, 0.1) is 5.41 Å². The molecule has 1 saturated heterocycles. The second kappa shape index (κ2) is 5.26. The molecule has 2 rings (SSSR count). The lowest BCUT2D eigenvalue weighted by Gasteiger charge is -2.24. The first-order valence-electron chi connectivity index (χ1n) is 7.01. The second-order valence-electron chi connectivity index (χ2n) is 5.64. The van der Waals surface area contributed by atoms with Crippen molar-refractivity contribution < 1.29 is 4.79 Å². The Hall–Kier alpha value is -1.85. The molecule has 6 nitrogen and oxygen atoms in total. The van der Waals surface area contributed by atoms with E-state index in [0.717, 1.165) is 36.6 Å². The summed E-state index contributed by atoms with van der Waals surface area (Å²) in [4.78, 5) is 23.0. The highest BCUT2D eigenvalue weighted by Crippen LogP contribution is 2.34. The number of nitrogens with one attached hydrogen (secondary N) is 1. The van der Waals surface area contributed by atoms with Crippen LogP contribution >= 0.6 is 0 Å². The SMILES string of the molecule is CCc1nc(N)c(C)c(N2CCC(C)(C(=O)NC)C2)n1. The van der Waals surface area contributed by atoms with E-state index >= 15 is 0 Å². The predicted octanol–water partition coefficient (Wildman–Crippen LogP) is 0.892. The van der Waals surface area contributed by atoms with E-state index in [9.17, 15) is 4.79 Å². The fourth-order valence-corrected chi connectivity index (χ4v) is 2.66. The minimum atomic E-state index is -0.368. The van der Waals surface area contributed by atoms with Crippen molar-refractivity contribution in [2.24, 2.45) is 5.41 Å². The lowest BCUT2D eigenvalue weighted by atomic mass is 9.89. The Bertz CT molecular complexity index is 531. The van der Waals surface area contributed by atoms with Crippen LogP contribution in [0.4, 0.5) is 11.6 Å². The van der Waals surface area contributed by atoms with Gasteiger partial charge in [-0.25, -0.2) is 9.97 Å². The van der Waals surface area contributed by atoms with Gasteiger partial charge in [0, 0.05) is 32.1 Å². The van der Waals surface area contributed by atoms with Gasteiger partial charge in [0.2, 0.25) is 5.91 Å². The number of nitrogens with two attached hydrogens (primary N) is 1. The largest absolute Gasteiger partial charge is 0.383 e. The summed E-state index contributed by atoms with van der Waals surface area (Å²) in [6.07, 6.45) is 1.56. The molecule has 0 bridgehead atoms. The van der Waals surface area contributed by atoms with Crippen molar-refractivity contribution in [1.82, 2.24) is 15.3 Å². The number of nitrogen functional groups attached to an aromatic ring is 1. The molecular formula is C14H23N5O. The van der Waals surface area contributed by atoms with E-state index in [1.54, 1.807) is 7.05 Å². The van der Waals surface area contributed by atoms with E-state index in [1.807, 2.05) is 20.8 Å². The molecule has 3 N–H and O–H groups in total. The van der Waals surface area contributed by atoms with Gasteiger partial charge in [-0.3, -0.25) is 4.79 Å². The third-order valence-electron chi connectivity index (χ3n) is 4.07. The minimum Gasteiger partial charge on any atom is -0.383 e. The number of amides is 1. The highest BCUT2D eigenvalue weighted by molar-refractivity contribution is 5.83. The standard InChI is InChI=1S/C14H23N5O/c1-5-10-17-11(15)9(2)12(18-10)19-7-6-14(3,8-19)13(20)16-4/h5-8H2,1-4H3,(H,16,20)(H2,15,17,18). The quantitative estimate of drug-likeness (QED) is 0.857. The highest BCUT2D eigenvalue weighted by Gasteiger charge is 2.40. The van der Waals surface area contributed by atoms with Crippen molar-refractivity contribution in [2.45, 2.75) is 33.6 Å².